The average Bonchev–Trinajstić information content (AvgIpc) is 3.13. The molecular formula is C19H16N4O2S2. The topological polar surface area (TPSA) is 87.8 Å². The lowest BCUT2D eigenvalue weighted by Crippen LogP contribution is -2.23. The van der Waals surface area contributed by atoms with E-state index in [9.17, 15) is 9.59 Å². The molecule has 0 radical (unpaired) electrons. The Hall–Kier alpha value is -2.89. The molecular weight excluding hydrogens is 380 g/mol. The zero-order valence-corrected chi connectivity index (χ0v) is 16.0. The van der Waals surface area contributed by atoms with Crippen LogP contribution < -0.4 is 10.9 Å². The number of nitriles is 1. The van der Waals surface area contributed by atoms with Gasteiger partial charge in [-0.05, 0) is 29.1 Å². The second-order valence-corrected chi connectivity index (χ2v) is 7.44. The fourth-order valence-corrected chi connectivity index (χ4v) is 4.07. The van der Waals surface area contributed by atoms with E-state index < -0.39 is 0 Å². The standard InChI is InChI=1S/C19H16N4O2S2/c1-2-10-23-18(25)15-8-11-26-17(15)22-19(23)27-12-16(24)21-14-5-3-13(4-6-14)7-9-20/h2-6,8,11H,1,7,10,12H2,(H,21,24). The zero-order chi connectivity index (χ0) is 19.2. The predicted octanol–water partition coefficient (Wildman–Crippen LogP) is 3.44. The first-order valence-corrected chi connectivity index (χ1v) is 9.96. The molecule has 0 aliphatic carbocycles. The number of thiophene rings is 1. The molecule has 0 atom stereocenters. The maximum atomic E-state index is 12.6. The third-order valence-corrected chi connectivity index (χ3v) is 5.50. The van der Waals surface area contributed by atoms with Gasteiger partial charge in [0, 0.05) is 12.2 Å². The number of amides is 1. The molecule has 0 aliphatic heterocycles. The van der Waals surface area contributed by atoms with Crippen LogP contribution in [0.3, 0.4) is 0 Å². The first-order chi connectivity index (χ1) is 13.1. The van der Waals surface area contributed by atoms with Gasteiger partial charge in [0.2, 0.25) is 5.91 Å². The van der Waals surface area contributed by atoms with Crippen molar-refractivity contribution in [1.82, 2.24) is 9.55 Å². The number of nitrogens with one attached hydrogen (secondary N) is 1. The Kier molecular flexibility index (Phi) is 6.06. The highest BCUT2D eigenvalue weighted by atomic mass is 32.2. The zero-order valence-electron chi connectivity index (χ0n) is 14.3. The summed E-state index contributed by atoms with van der Waals surface area (Å²) in [4.78, 5) is 30.0. The first kappa shape index (κ1) is 18.9. The molecule has 3 rings (SSSR count). The van der Waals surface area contributed by atoms with Crippen LogP contribution in [0.4, 0.5) is 5.69 Å². The van der Waals surface area contributed by atoms with Crippen LogP contribution in [-0.2, 0) is 17.8 Å². The van der Waals surface area contributed by atoms with E-state index in [1.807, 2.05) is 5.38 Å². The number of carbonyl (C=O) groups is 1. The number of rotatable bonds is 7. The van der Waals surface area contributed by atoms with Gasteiger partial charge in [0.15, 0.2) is 5.16 Å². The van der Waals surface area contributed by atoms with Crippen molar-refractivity contribution in [2.75, 3.05) is 11.1 Å². The van der Waals surface area contributed by atoms with Gasteiger partial charge in [-0.1, -0.05) is 30.0 Å². The number of hydrogen-bond acceptors (Lipinski definition) is 6. The van der Waals surface area contributed by atoms with Crippen molar-refractivity contribution in [3.8, 4) is 6.07 Å². The lowest BCUT2D eigenvalue weighted by molar-refractivity contribution is -0.113. The number of hydrogen-bond donors (Lipinski definition) is 1. The normalized spacial score (nSPS) is 10.5. The van der Waals surface area contributed by atoms with Crippen molar-refractivity contribution >= 4 is 44.9 Å². The Balaban J connectivity index is 1.71. The number of fused-ring (bicyclic) bond motifs is 1. The molecule has 27 heavy (non-hydrogen) atoms. The molecule has 0 spiro atoms. The van der Waals surface area contributed by atoms with Crippen LogP contribution in [0.5, 0.6) is 0 Å². The second kappa shape index (κ2) is 8.66. The quantitative estimate of drug-likeness (QED) is 0.375. The molecule has 3 aromatic rings. The van der Waals surface area contributed by atoms with E-state index in [4.69, 9.17) is 5.26 Å². The maximum absolute atomic E-state index is 12.6. The molecule has 0 saturated heterocycles. The van der Waals surface area contributed by atoms with Crippen LogP contribution >= 0.6 is 23.1 Å². The van der Waals surface area contributed by atoms with Gasteiger partial charge >= 0.3 is 0 Å². The molecule has 0 bridgehead atoms. The van der Waals surface area contributed by atoms with E-state index in [2.05, 4.69) is 22.9 Å². The molecule has 6 nitrogen and oxygen atoms in total. The highest BCUT2D eigenvalue weighted by molar-refractivity contribution is 7.99. The number of carbonyl (C=O) groups excluding carboxylic acids is 1. The summed E-state index contributed by atoms with van der Waals surface area (Å²) in [6, 6.07) is 11.0. The summed E-state index contributed by atoms with van der Waals surface area (Å²) in [6.07, 6.45) is 1.97. The summed E-state index contributed by atoms with van der Waals surface area (Å²) >= 11 is 2.61. The van der Waals surface area contributed by atoms with Crippen LogP contribution in [0.1, 0.15) is 5.56 Å². The molecule has 1 N–H and O–H groups in total. The van der Waals surface area contributed by atoms with E-state index in [1.165, 1.54) is 27.7 Å². The molecule has 0 unspecified atom stereocenters. The van der Waals surface area contributed by atoms with Crippen molar-refractivity contribution < 1.29 is 4.79 Å². The molecule has 2 heterocycles. The van der Waals surface area contributed by atoms with Crippen LogP contribution in [0, 0.1) is 11.3 Å². The molecule has 2 aromatic heterocycles. The Morgan fingerprint density at radius 1 is 1.37 bits per heavy atom. The van der Waals surface area contributed by atoms with Crippen molar-refractivity contribution in [2.24, 2.45) is 0 Å². The highest BCUT2D eigenvalue weighted by Gasteiger charge is 2.13. The first-order valence-electron chi connectivity index (χ1n) is 8.10. The molecule has 0 aliphatic rings. The third-order valence-electron chi connectivity index (χ3n) is 3.71. The second-order valence-electron chi connectivity index (χ2n) is 5.61. The summed E-state index contributed by atoms with van der Waals surface area (Å²) in [6.45, 7) is 4.02. The van der Waals surface area contributed by atoms with Gasteiger partial charge in [0.1, 0.15) is 4.83 Å². The van der Waals surface area contributed by atoms with Crippen molar-refractivity contribution in [3.63, 3.8) is 0 Å². The van der Waals surface area contributed by atoms with Gasteiger partial charge < -0.3 is 5.32 Å². The van der Waals surface area contributed by atoms with Crippen LogP contribution in [0.25, 0.3) is 10.2 Å². The van der Waals surface area contributed by atoms with Crippen LogP contribution in [0.2, 0.25) is 0 Å². The maximum Gasteiger partial charge on any atom is 0.263 e. The van der Waals surface area contributed by atoms with E-state index in [0.29, 0.717) is 34.0 Å². The minimum atomic E-state index is -0.196. The summed E-state index contributed by atoms with van der Waals surface area (Å²) < 4.78 is 1.52. The summed E-state index contributed by atoms with van der Waals surface area (Å²) in [5, 5.41) is 14.4. The molecule has 0 fully saturated rings. The Morgan fingerprint density at radius 2 is 2.15 bits per heavy atom. The Labute approximate surface area is 164 Å². The minimum Gasteiger partial charge on any atom is -0.325 e. The number of thioether (sulfide) groups is 1. The van der Waals surface area contributed by atoms with Crippen LogP contribution in [0.15, 0.2) is 58.3 Å². The smallest absolute Gasteiger partial charge is 0.263 e. The molecule has 136 valence electrons. The Bertz CT molecular complexity index is 1080. The van der Waals surface area contributed by atoms with Crippen molar-refractivity contribution in [2.45, 2.75) is 18.1 Å². The summed E-state index contributed by atoms with van der Waals surface area (Å²) in [7, 11) is 0. The molecule has 1 aromatic carbocycles. The van der Waals surface area contributed by atoms with Gasteiger partial charge in [-0.15, -0.1) is 17.9 Å². The lowest BCUT2D eigenvalue weighted by Gasteiger charge is -2.10. The molecule has 8 heteroatoms. The largest absolute Gasteiger partial charge is 0.325 e. The lowest BCUT2D eigenvalue weighted by atomic mass is 10.1. The monoisotopic (exact) mass is 396 g/mol. The van der Waals surface area contributed by atoms with E-state index in [1.54, 1.807) is 36.4 Å². The average molecular weight is 396 g/mol. The van der Waals surface area contributed by atoms with E-state index in [0.717, 1.165) is 5.56 Å². The van der Waals surface area contributed by atoms with Gasteiger partial charge in [0.05, 0.1) is 23.6 Å². The van der Waals surface area contributed by atoms with Gasteiger partial charge in [-0.25, -0.2) is 4.98 Å². The van der Waals surface area contributed by atoms with Gasteiger partial charge in [0.25, 0.3) is 5.56 Å². The van der Waals surface area contributed by atoms with E-state index >= 15 is 0 Å². The number of aromatic nitrogens is 2. The highest BCUT2D eigenvalue weighted by Crippen LogP contribution is 2.21. The van der Waals surface area contributed by atoms with Gasteiger partial charge in [-0.3, -0.25) is 14.2 Å². The molecule has 1 amide bonds. The number of anilines is 1. The Morgan fingerprint density at radius 3 is 2.85 bits per heavy atom. The van der Waals surface area contributed by atoms with Crippen molar-refractivity contribution in [1.29, 1.82) is 5.26 Å². The fraction of sp³-hybridized carbons (Fsp3) is 0.158. The summed E-state index contributed by atoms with van der Waals surface area (Å²) in [5.74, 6) is -0.0702. The molecule has 0 saturated carbocycles. The SMILES string of the molecule is C=CCn1c(SCC(=O)Nc2ccc(CC#N)cc2)nc2sccc2c1=O. The number of benzene rings is 1. The third kappa shape index (κ3) is 4.45. The number of allylic oxidation sites excluding steroid dienone is 1. The minimum absolute atomic E-state index is 0.125. The number of nitrogens with zero attached hydrogens (tertiary/aromatic N) is 3. The van der Waals surface area contributed by atoms with Crippen molar-refractivity contribution in [3.05, 3.63) is 64.3 Å². The predicted molar refractivity (Wildman–Crippen MR) is 109 cm³/mol. The summed E-state index contributed by atoms with van der Waals surface area (Å²) in [5.41, 5.74) is 1.43. The van der Waals surface area contributed by atoms with Gasteiger partial charge in [-0.2, -0.15) is 5.26 Å². The fourth-order valence-electron chi connectivity index (χ4n) is 2.45. The van der Waals surface area contributed by atoms with Crippen LogP contribution in [-0.4, -0.2) is 21.2 Å². The van der Waals surface area contributed by atoms with E-state index in [-0.39, 0.29) is 17.2 Å².